The number of anilines is 1. The normalized spacial score (nSPS) is 15.8. The fourth-order valence-electron chi connectivity index (χ4n) is 3.46. The minimum Gasteiger partial charge on any atom is -0.333 e. The number of nitrogens with one attached hydrogen (secondary N) is 1. The van der Waals surface area contributed by atoms with E-state index in [9.17, 15) is 22.8 Å². The van der Waals surface area contributed by atoms with Crippen LogP contribution < -0.4 is 5.32 Å². The Morgan fingerprint density at radius 2 is 1.94 bits per heavy atom. The summed E-state index contributed by atoms with van der Waals surface area (Å²) in [5.41, 5.74) is 0.674. The van der Waals surface area contributed by atoms with Crippen LogP contribution in [0.1, 0.15) is 39.3 Å². The van der Waals surface area contributed by atoms with E-state index in [1.807, 2.05) is 0 Å². The van der Waals surface area contributed by atoms with Gasteiger partial charge in [0.1, 0.15) is 10.8 Å². The van der Waals surface area contributed by atoms with Crippen molar-refractivity contribution in [1.29, 1.82) is 0 Å². The van der Waals surface area contributed by atoms with Gasteiger partial charge in [0.15, 0.2) is 11.6 Å². The van der Waals surface area contributed by atoms with Crippen molar-refractivity contribution in [2.45, 2.75) is 25.3 Å². The molecule has 2 heterocycles. The fraction of sp³-hybridized carbons (Fsp3) is 0.238. The minimum absolute atomic E-state index is 0.0455. The summed E-state index contributed by atoms with van der Waals surface area (Å²) in [6.07, 6.45) is 1.51. The minimum atomic E-state index is -1.07. The van der Waals surface area contributed by atoms with Crippen molar-refractivity contribution in [3.05, 3.63) is 75.5 Å². The number of carbonyl (C=O) groups is 2. The maximum atomic E-state index is 13.4. The summed E-state index contributed by atoms with van der Waals surface area (Å²) in [6.45, 7) is 0.536. The van der Waals surface area contributed by atoms with E-state index < -0.39 is 23.4 Å². The van der Waals surface area contributed by atoms with E-state index in [-0.39, 0.29) is 29.1 Å². The second kappa shape index (κ2) is 8.84. The molecule has 2 amide bonds. The van der Waals surface area contributed by atoms with Crippen molar-refractivity contribution in [2.75, 3.05) is 11.9 Å². The van der Waals surface area contributed by atoms with E-state index in [0.29, 0.717) is 23.5 Å². The highest BCUT2D eigenvalue weighted by Gasteiger charge is 2.33. The molecule has 1 aliphatic heterocycles. The summed E-state index contributed by atoms with van der Waals surface area (Å²) in [4.78, 5) is 26.8. The van der Waals surface area contributed by atoms with Crippen LogP contribution in [-0.2, 0) is 11.2 Å². The zero-order valence-corrected chi connectivity index (χ0v) is 17.0. The number of amides is 2. The number of carbonyl (C=O) groups excluding carboxylic acids is 2. The summed E-state index contributed by atoms with van der Waals surface area (Å²) in [7, 11) is 0. The maximum absolute atomic E-state index is 13.4. The lowest BCUT2D eigenvalue weighted by molar-refractivity contribution is -0.131. The Morgan fingerprint density at radius 1 is 1.10 bits per heavy atom. The SMILES string of the molecule is O=C(Nc1ccc(F)c(F)c1)c1nnc(C2CCCN2C(=O)Cc2cccc(F)c2)s1. The van der Waals surface area contributed by atoms with Gasteiger partial charge in [-0.3, -0.25) is 9.59 Å². The van der Waals surface area contributed by atoms with Gasteiger partial charge in [0.25, 0.3) is 5.91 Å². The van der Waals surface area contributed by atoms with Gasteiger partial charge in [-0.1, -0.05) is 23.5 Å². The molecule has 1 aliphatic rings. The highest BCUT2D eigenvalue weighted by Crippen LogP contribution is 2.34. The van der Waals surface area contributed by atoms with Crippen molar-refractivity contribution in [3.63, 3.8) is 0 Å². The smallest absolute Gasteiger partial charge is 0.286 e. The molecular weight excluding hydrogens is 429 g/mol. The number of rotatable bonds is 5. The first-order valence-electron chi connectivity index (χ1n) is 9.54. The van der Waals surface area contributed by atoms with E-state index in [0.717, 1.165) is 29.9 Å². The molecule has 0 saturated carbocycles. The number of halogens is 3. The average Bonchev–Trinajstić information content (AvgIpc) is 3.40. The molecular formula is C21H17F3N4O2S. The topological polar surface area (TPSA) is 75.2 Å². The Balaban J connectivity index is 1.45. The first kappa shape index (κ1) is 21.0. The summed E-state index contributed by atoms with van der Waals surface area (Å²) >= 11 is 1.04. The molecule has 10 heteroatoms. The lowest BCUT2D eigenvalue weighted by atomic mass is 10.1. The first-order valence-corrected chi connectivity index (χ1v) is 10.4. The summed E-state index contributed by atoms with van der Waals surface area (Å²) < 4.78 is 39.8. The Morgan fingerprint density at radius 3 is 2.71 bits per heavy atom. The van der Waals surface area contributed by atoms with Gasteiger partial charge >= 0.3 is 0 Å². The van der Waals surface area contributed by atoms with E-state index >= 15 is 0 Å². The van der Waals surface area contributed by atoms with Gasteiger partial charge in [0, 0.05) is 18.3 Å². The Kier molecular flexibility index (Phi) is 5.99. The van der Waals surface area contributed by atoms with Crippen LogP contribution in [0.15, 0.2) is 42.5 Å². The molecule has 0 radical (unpaired) electrons. The fourth-order valence-corrected chi connectivity index (χ4v) is 4.35. The molecule has 6 nitrogen and oxygen atoms in total. The maximum Gasteiger partial charge on any atom is 0.286 e. The molecule has 0 bridgehead atoms. The van der Waals surface area contributed by atoms with Crippen molar-refractivity contribution in [1.82, 2.24) is 15.1 Å². The molecule has 0 aliphatic carbocycles. The van der Waals surface area contributed by atoms with Crippen LogP contribution in [0.3, 0.4) is 0 Å². The summed E-state index contributed by atoms with van der Waals surface area (Å²) in [5, 5.41) is 11.0. The van der Waals surface area contributed by atoms with Crippen molar-refractivity contribution in [2.24, 2.45) is 0 Å². The predicted octanol–water partition coefficient (Wildman–Crippen LogP) is 4.11. The highest BCUT2D eigenvalue weighted by atomic mass is 32.1. The number of hydrogen-bond acceptors (Lipinski definition) is 5. The van der Waals surface area contributed by atoms with Gasteiger partial charge in [-0.2, -0.15) is 0 Å². The number of aromatic nitrogens is 2. The van der Waals surface area contributed by atoms with Crippen LogP contribution in [0.2, 0.25) is 0 Å². The zero-order valence-electron chi connectivity index (χ0n) is 16.1. The molecule has 160 valence electrons. The van der Waals surface area contributed by atoms with Gasteiger partial charge in [0.2, 0.25) is 10.9 Å². The van der Waals surface area contributed by atoms with Gasteiger partial charge in [-0.25, -0.2) is 13.2 Å². The Labute approximate surface area is 179 Å². The summed E-state index contributed by atoms with van der Waals surface area (Å²) in [5.74, 6) is -3.25. The van der Waals surface area contributed by atoms with Crippen LogP contribution in [0, 0.1) is 17.5 Å². The van der Waals surface area contributed by atoms with E-state index in [4.69, 9.17) is 0 Å². The molecule has 3 aromatic rings. The Bertz CT molecular complexity index is 1140. The van der Waals surface area contributed by atoms with E-state index in [1.165, 1.54) is 18.2 Å². The molecule has 2 aromatic carbocycles. The van der Waals surface area contributed by atoms with Gasteiger partial charge in [-0.05, 0) is 42.7 Å². The molecule has 0 spiro atoms. The lowest BCUT2D eigenvalue weighted by Gasteiger charge is -2.22. The molecule has 1 atom stereocenters. The molecule has 1 N–H and O–H groups in total. The Hall–Kier alpha value is -3.27. The van der Waals surface area contributed by atoms with Crippen LogP contribution in [0.5, 0.6) is 0 Å². The average molecular weight is 446 g/mol. The molecule has 1 fully saturated rings. The quantitative estimate of drug-likeness (QED) is 0.640. The number of likely N-dealkylation sites (tertiary alicyclic amines) is 1. The number of hydrogen-bond donors (Lipinski definition) is 1. The number of benzene rings is 2. The zero-order chi connectivity index (χ0) is 22.0. The lowest BCUT2D eigenvalue weighted by Crippen LogP contribution is -2.31. The van der Waals surface area contributed by atoms with Crippen molar-refractivity contribution in [3.8, 4) is 0 Å². The summed E-state index contributed by atoms with van der Waals surface area (Å²) in [6, 6.07) is 8.61. The molecule has 1 unspecified atom stereocenters. The largest absolute Gasteiger partial charge is 0.333 e. The standard InChI is InChI=1S/C21H17F3N4O2S/c22-13-4-1-3-12(9-13)10-18(29)28-8-2-5-17(28)20-26-27-21(31-20)19(30)25-14-6-7-15(23)16(24)11-14/h1,3-4,6-7,9,11,17H,2,5,8,10H2,(H,25,30). The van der Waals surface area contributed by atoms with Crippen molar-refractivity contribution < 1.29 is 22.8 Å². The van der Waals surface area contributed by atoms with Gasteiger partial charge in [-0.15, -0.1) is 10.2 Å². The highest BCUT2D eigenvalue weighted by molar-refractivity contribution is 7.13. The monoisotopic (exact) mass is 446 g/mol. The molecule has 1 aromatic heterocycles. The van der Waals surface area contributed by atoms with E-state index in [1.54, 1.807) is 17.0 Å². The van der Waals surface area contributed by atoms with Crippen LogP contribution in [0.25, 0.3) is 0 Å². The third-order valence-electron chi connectivity index (χ3n) is 4.91. The third kappa shape index (κ3) is 4.74. The first-order chi connectivity index (χ1) is 14.9. The molecule has 31 heavy (non-hydrogen) atoms. The van der Waals surface area contributed by atoms with Gasteiger partial charge in [0.05, 0.1) is 12.5 Å². The van der Waals surface area contributed by atoms with Crippen LogP contribution in [0.4, 0.5) is 18.9 Å². The second-order valence-corrected chi connectivity index (χ2v) is 8.09. The molecule has 4 rings (SSSR count). The van der Waals surface area contributed by atoms with E-state index in [2.05, 4.69) is 15.5 Å². The van der Waals surface area contributed by atoms with Crippen LogP contribution in [-0.4, -0.2) is 33.5 Å². The molecule has 1 saturated heterocycles. The third-order valence-corrected chi connectivity index (χ3v) is 5.94. The van der Waals surface area contributed by atoms with Crippen molar-refractivity contribution >= 4 is 28.8 Å². The van der Waals surface area contributed by atoms with Crippen LogP contribution >= 0.6 is 11.3 Å². The predicted molar refractivity (Wildman–Crippen MR) is 108 cm³/mol. The van der Waals surface area contributed by atoms with Gasteiger partial charge < -0.3 is 10.2 Å². The second-order valence-electron chi connectivity index (χ2n) is 7.08. The number of nitrogens with zero attached hydrogens (tertiary/aromatic N) is 3.